The fourth-order valence-electron chi connectivity index (χ4n) is 2.56. The lowest BCUT2D eigenvalue weighted by atomic mass is 10.1. The monoisotopic (exact) mass is 488 g/mol. The topological polar surface area (TPSA) is 157 Å². The molecule has 1 aliphatic heterocycles. The van der Waals surface area contributed by atoms with E-state index in [1.54, 1.807) is 0 Å². The van der Waals surface area contributed by atoms with Gasteiger partial charge in [0.2, 0.25) is 17.3 Å². The number of hydrogen-bond acceptors (Lipinski definition) is 9. The van der Waals surface area contributed by atoms with Crippen molar-refractivity contribution in [3.8, 4) is 0 Å². The Morgan fingerprint density at radius 1 is 1.00 bits per heavy atom. The maximum absolute atomic E-state index is 11.7. The molecule has 32 heavy (non-hydrogen) atoms. The quantitative estimate of drug-likeness (QED) is 0.125. The summed E-state index contributed by atoms with van der Waals surface area (Å²) < 4.78 is 10.5. The molecule has 1 atom stereocenters. The van der Waals surface area contributed by atoms with E-state index in [2.05, 4.69) is 22.4 Å². The van der Waals surface area contributed by atoms with Crippen molar-refractivity contribution < 1.29 is 33.4 Å². The van der Waals surface area contributed by atoms with E-state index in [1.165, 1.54) is 12.2 Å². The van der Waals surface area contributed by atoms with E-state index < -0.39 is 17.9 Å². The molecule has 0 bridgehead atoms. The summed E-state index contributed by atoms with van der Waals surface area (Å²) in [6.07, 6.45) is 4.34. The molecule has 0 aliphatic carbocycles. The van der Waals surface area contributed by atoms with E-state index in [1.807, 2.05) is 0 Å². The fourth-order valence-corrected chi connectivity index (χ4v) is 3.23. The number of rotatable bonds is 18. The summed E-state index contributed by atoms with van der Waals surface area (Å²) in [7, 11) is 0.252. The van der Waals surface area contributed by atoms with Crippen LogP contribution in [0.1, 0.15) is 25.7 Å². The maximum Gasteiger partial charge on any atom is 0.253 e. The largest absolute Gasteiger partial charge is 0.377 e. The Kier molecular flexibility index (Phi) is 14.4. The first-order chi connectivity index (χ1) is 15.3. The van der Waals surface area contributed by atoms with Crippen LogP contribution in [0.4, 0.5) is 0 Å². The summed E-state index contributed by atoms with van der Waals surface area (Å²) in [6, 6.07) is -0.537. The van der Waals surface area contributed by atoms with Gasteiger partial charge in [0.25, 0.3) is 11.8 Å². The van der Waals surface area contributed by atoms with Gasteiger partial charge in [0.15, 0.2) is 0 Å². The molecule has 1 aliphatic rings. The van der Waals surface area contributed by atoms with Crippen molar-refractivity contribution in [1.82, 2.24) is 15.5 Å². The number of nitrogens with two attached hydrogens (primary N) is 1. The molecule has 1 heterocycles. The van der Waals surface area contributed by atoms with Gasteiger partial charge in [-0.25, -0.2) is 0 Å². The molecule has 0 saturated carbocycles. The molecule has 0 spiro atoms. The molecular weight excluding hydrogens is 459 g/mol. The van der Waals surface area contributed by atoms with Crippen LogP contribution in [-0.4, -0.2) is 86.2 Å². The maximum atomic E-state index is 11.7. The van der Waals surface area contributed by atoms with Gasteiger partial charge in [-0.15, -0.1) is 0 Å². The van der Waals surface area contributed by atoms with Crippen molar-refractivity contribution in [3.63, 3.8) is 0 Å². The number of carbonyl (C=O) groups excluding carboxylic acids is 5. The zero-order chi connectivity index (χ0) is 23.8. The predicted molar refractivity (Wildman–Crippen MR) is 119 cm³/mol. The average molecular weight is 489 g/mol. The highest BCUT2D eigenvalue weighted by Gasteiger charge is 2.23. The van der Waals surface area contributed by atoms with Crippen molar-refractivity contribution in [3.05, 3.63) is 12.2 Å². The summed E-state index contributed by atoms with van der Waals surface area (Å²) in [5, 5.41) is 5.34. The van der Waals surface area contributed by atoms with Crippen LogP contribution in [0.5, 0.6) is 0 Å². The predicted octanol–water partition coefficient (Wildman–Crippen LogP) is -1.00. The van der Waals surface area contributed by atoms with Crippen LogP contribution in [0, 0.1) is 0 Å². The molecule has 1 unspecified atom stereocenters. The number of imide groups is 1. The number of amides is 4. The normalized spacial score (nSPS) is 14.1. The molecule has 0 aromatic carbocycles. The average Bonchev–Trinajstić information content (AvgIpc) is 3.10. The van der Waals surface area contributed by atoms with Gasteiger partial charge in [-0.05, 0) is 31.1 Å². The first-order valence-electron chi connectivity index (χ1n) is 10.2. The zero-order valence-electron chi connectivity index (χ0n) is 17.7. The van der Waals surface area contributed by atoms with E-state index in [4.69, 9.17) is 15.2 Å². The second-order valence-corrected chi connectivity index (χ2v) is 7.98. The highest BCUT2D eigenvalue weighted by molar-refractivity contribution is 8.03. The summed E-state index contributed by atoms with van der Waals surface area (Å²) in [6.45, 7) is 1.46. The lowest BCUT2D eigenvalue weighted by Crippen LogP contribution is -2.35. The van der Waals surface area contributed by atoms with Gasteiger partial charge in [0.1, 0.15) is 6.61 Å². The molecule has 4 amide bonds. The molecule has 0 radical (unpaired) electrons. The second-order valence-electron chi connectivity index (χ2n) is 6.81. The third kappa shape index (κ3) is 12.1. The summed E-state index contributed by atoms with van der Waals surface area (Å²) in [5.41, 5.74) is 5.51. The minimum atomic E-state index is -0.537. The second kappa shape index (κ2) is 16.5. The first-order valence-corrected chi connectivity index (χ1v) is 12.1. The van der Waals surface area contributed by atoms with Crippen LogP contribution in [0.25, 0.3) is 0 Å². The smallest absolute Gasteiger partial charge is 0.253 e. The molecule has 0 saturated heterocycles. The standard InChI is InChI=1S/C19H29N4O7PS/c20-14(19(28)31-32)3-1-2-7-21-16(25)13-30-12-11-29-10-8-22-15(24)6-9-23-17(26)4-5-18(23)27/h4-5,14H,1-3,6-13,20H2,(H,21,25)(H,22,24). The highest BCUT2D eigenvalue weighted by Crippen LogP contribution is 2.06. The van der Waals surface area contributed by atoms with Gasteiger partial charge in [-0.2, -0.15) is 0 Å². The van der Waals surface area contributed by atoms with Gasteiger partial charge in [0.05, 0.1) is 33.2 Å². The van der Waals surface area contributed by atoms with Crippen LogP contribution in [0.3, 0.4) is 0 Å². The van der Waals surface area contributed by atoms with E-state index in [0.717, 1.165) is 11.3 Å². The number of nitrogens with one attached hydrogen (secondary N) is 2. The Balaban J connectivity index is 1.89. The number of nitrogens with zero attached hydrogens (tertiary/aromatic N) is 1. The van der Waals surface area contributed by atoms with Crippen LogP contribution >= 0.6 is 7.36 Å². The minimum absolute atomic E-state index is 0.0243. The van der Waals surface area contributed by atoms with Crippen LogP contribution in [0.15, 0.2) is 12.2 Å². The molecule has 0 aromatic rings. The SMILES string of the molecule is NC(CCCCNC(=O)COCCOCCNC(=O)CCN1C(=O)C=CC1=O)C(=O)P=S. The lowest BCUT2D eigenvalue weighted by molar-refractivity contribution is -0.137. The number of ether oxygens (including phenoxy) is 2. The Morgan fingerprint density at radius 2 is 1.66 bits per heavy atom. The van der Waals surface area contributed by atoms with Crippen molar-refractivity contribution in [2.24, 2.45) is 5.73 Å². The Labute approximate surface area is 193 Å². The first kappa shape index (κ1) is 27.9. The summed E-state index contributed by atoms with van der Waals surface area (Å²) in [4.78, 5) is 58.3. The van der Waals surface area contributed by atoms with E-state index in [-0.39, 0.29) is 70.6 Å². The molecule has 13 heteroatoms. The minimum Gasteiger partial charge on any atom is -0.377 e. The zero-order valence-corrected chi connectivity index (χ0v) is 19.5. The fraction of sp³-hybridized carbons (Fsp3) is 0.632. The van der Waals surface area contributed by atoms with E-state index >= 15 is 0 Å². The third-order valence-electron chi connectivity index (χ3n) is 4.31. The number of unbranched alkanes of at least 4 members (excludes halogenated alkanes) is 1. The highest BCUT2D eigenvalue weighted by atomic mass is 32.4. The van der Waals surface area contributed by atoms with Crippen LogP contribution < -0.4 is 16.4 Å². The molecule has 0 fully saturated rings. The van der Waals surface area contributed by atoms with Gasteiger partial charge in [-0.1, -0.05) is 0 Å². The Hall–Kier alpha value is -2.11. The molecule has 4 N–H and O–H groups in total. The Morgan fingerprint density at radius 3 is 2.34 bits per heavy atom. The Bertz CT molecular complexity index is 702. The van der Waals surface area contributed by atoms with Crippen molar-refractivity contribution >= 4 is 48.3 Å². The van der Waals surface area contributed by atoms with Gasteiger partial charge in [0, 0.05) is 38.2 Å². The van der Waals surface area contributed by atoms with Gasteiger partial charge >= 0.3 is 0 Å². The molecule has 11 nitrogen and oxygen atoms in total. The van der Waals surface area contributed by atoms with E-state index in [0.29, 0.717) is 19.4 Å². The van der Waals surface area contributed by atoms with Gasteiger partial charge < -0.3 is 25.8 Å². The van der Waals surface area contributed by atoms with Crippen molar-refractivity contribution in [2.45, 2.75) is 31.7 Å². The van der Waals surface area contributed by atoms with Crippen LogP contribution in [-0.2, 0) is 45.3 Å². The number of carbonyl (C=O) groups is 5. The molecule has 1 rings (SSSR count). The molecule has 178 valence electrons. The molecular formula is C19H29N4O7PS. The third-order valence-corrected chi connectivity index (χ3v) is 5.36. The summed E-state index contributed by atoms with van der Waals surface area (Å²) >= 11 is 4.63. The van der Waals surface area contributed by atoms with Gasteiger partial charge in [-0.3, -0.25) is 28.9 Å². The van der Waals surface area contributed by atoms with Crippen molar-refractivity contribution in [2.75, 3.05) is 46.1 Å². The molecule has 0 aromatic heterocycles. The van der Waals surface area contributed by atoms with E-state index in [9.17, 15) is 24.0 Å². The summed E-state index contributed by atoms with van der Waals surface area (Å²) in [5.74, 6) is -1.36. The van der Waals surface area contributed by atoms with Crippen LogP contribution in [0.2, 0.25) is 0 Å². The number of hydrogen-bond donors (Lipinski definition) is 3. The lowest BCUT2D eigenvalue weighted by Gasteiger charge is -2.13. The van der Waals surface area contributed by atoms with Crippen molar-refractivity contribution in [1.29, 1.82) is 0 Å².